The normalized spacial score (nSPS) is 11.4. The van der Waals surface area contributed by atoms with Crippen LogP contribution in [0.5, 0.6) is 0 Å². The zero-order chi connectivity index (χ0) is 21.1. The van der Waals surface area contributed by atoms with Gasteiger partial charge in [0.15, 0.2) is 0 Å². The minimum absolute atomic E-state index is 0.133. The molecule has 0 fully saturated rings. The summed E-state index contributed by atoms with van der Waals surface area (Å²) in [5.74, 6) is 0. The molecule has 0 aliphatic heterocycles. The van der Waals surface area contributed by atoms with Crippen LogP contribution in [-0.2, 0) is 0 Å². The predicted octanol–water partition coefficient (Wildman–Crippen LogP) is 9.54. The highest BCUT2D eigenvalue weighted by Gasteiger charge is 1.95. The standard InChI is InChI=1S/C27H56FN/c1-2-3-4-5-6-7-8-9-10-11-14-17-20-23-26-29-27-24-21-18-15-12-13-16-19-22-25-28/h29H,2-27H2,1H3. The Bertz CT molecular complexity index is 243. The fourth-order valence-electron chi connectivity index (χ4n) is 4.15. The number of hydrogen-bond donors (Lipinski definition) is 1. The number of rotatable bonds is 26. The molecule has 0 spiro atoms. The van der Waals surface area contributed by atoms with E-state index in [-0.39, 0.29) is 6.67 Å². The summed E-state index contributed by atoms with van der Waals surface area (Å²) >= 11 is 0. The third-order valence-electron chi connectivity index (χ3n) is 6.19. The van der Waals surface area contributed by atoms with Crippen LogP contribution in [0.1, 0.15) is 155 Å². The predicted molar refractivity (Wildman–Crippen MR) is 131 cm³/mol. The molecule has 0 heterocycles. The van der Waals surface area contributed by atoms with Gasteiger partial charge in [0.1, 0.15) is 0 Å². The summed E-state index contributed by atoms with van der Waals surface area (Å²) in [6.45, 7) is 4.58. The highest BCUT2D eigenvalue weighted by atomic mass is 19.1. The Labute approximate surface area is 184 Å². The first-order chi connectivity index (χ1) is 14.4. The van der Waals surface area contributed by atoms with Crippen molar-refractivity contribution >= 4 is 0 Å². The number of hydrogen-bond acceptors (Lipinski definition) is 1. The molecule has 176 valence electrons. The van der Waals surface area contributed by atoms with Crippen LogP contribution >= 0.6 is 0 Å². The molecule has 2 heteroatoms. The molecule has 0 aromatic carbocycles. The molecule has 0 saturated carbocycles. The smallest absolute Gasteiger partial charge is 0.0894 e. The van der Waals surface area contributed by atoms with Crippen LogP contribution < -0.4 is 5.32 Å². The minimum Gasteiger partial charge on any atom is -0.317 e. The van der Waals surface area contributed by atoms with Crippen LogP contribution in [0, 0.1) is 0 Å². The molecular formula is C27H56FN. The summed E-state index contributed by atoms with van der Waals surface area (Å²) in [6, 6.07) is 0. The number of halogens is 1. The van der Waals surface area contributed by atoms with Gasteiger partial charge < -0.3 is 5.32 Å². The van der Waals surface area contributed by atoms with Crippen molar-refractivity contribution in [1.29, 1.82) is 0 Å². The summed E-state index contributed by atoms with van der Waals surface area (Å²) in [7, 11) is 0. The Morgan fingerprint density at radius 2 is 0.655 bits per heavy atom. The first kappa shape index (κ1) is 28.9. The second-order valence-corrected chi connectivity index (χ2v) is 9.22. The number of unbranched alkanes of at least 4 members (excludes halogenated alkanes) is 21. The van der Waals surface area contributed by atoms with Gasteiger partial charge in [-0.1, -0.05) is 135 Å². The first-order valence-corrected chi connectivity index (χ1v) is 13.7. The molecule has 0 amide bonds. The fourth-order valence-corrected chi connectivity index (χ4v) is 4.15. The van der Waals surface area contributed by atoms with Crippen molar-refractivity contribution in [2.45, 2.75) is 155 Å². The van der Waals surface area contributed by atoms with Gasteiger partial charge in [0.05, 0.1) is 6.67 Å². The zero-order valence-electron chi connectivity index (χ0n) is 20.3. The molecule has 0 radical (unpaired) electrons. The Morgan fingerprint density at radius 3 is 0.966 bits per heavy atom. The van der Waals surface area contributed by atoms with Crippen LogP contribution in [0.2, 0.25) is 0 Å². The molecular weight excluding hydrogens is 357 g/mol. The maximum atomic E-state index is 12.0. The van der Waals surface area contributed by atoms with Crippen molar-refractivity contribution < 1.29 is 4.39 Å². The van der Waals surface area contributed by atoms with E-state index in [0.717, 1.165) is 12.8 Å². The van der Waals surface area contributed by atoms with Crippen molar-refractivity contribution in [2.24, 2.45) is 0 Å². The van der Waals surface area contributed by atoms with E-state index in [1.54, 1.807) is 0 Å². The number of alkyl halides is 1. The topological polar surface area (TPSA) is 12.0 Å². The van der Waals surface area contributed by atoms with E-state index < -0.39 is 0 Å². The van der Waals surface area contributed by atoms with Gasteiger partial charge in [-0.3, -0.25) is 4.39 Å². The minimum atomic E-state index is -0.133. The highest BCUT2D eigenvalue weighted by molar-refractivity contribution is 4.53. The van der Waals surface area contributed by atoms with E-state index in [4.69, 9.17) is 0 Å². The summed E-state index contributed by atoms with van der Waals surface area (Å²) in [6.07, 6.45) is 31.3. The van der Waals surface area contributed by atoms with E-state index >= 15 is 0 Å². The molecule has 0 unspecified atom stereocenters. The molecule has 0 aliphatic carbocycles. The Hall–Kier alpha value is -0.110. The molecule has 0 aliphatic rings. The lowest BCUT2D eigenvalue weighted by molar-refractivity contribution is 0.448. The molecule has 1 nitrogen and oxygen atoms in total. The number of nitrogens with one attached hydrogen (secondary N) is 1. The molecule has 0 atom stereocenters. The Balaban J connectivity index is 2.97. The van der Waals surface area contributed by atoms with Crippen LogP contribution in [0.15, 0.2) is 0 Å². The van der Waals surface area contributed by atoms with Gasteiger partial charge in [0, 0.05) is 0 Å². The van der Waals surface area contributed by atoms with E-state index in [2.05, 4.69) is 12.2 Å². The lowest BCUT2D eigenvalue weighted by Crippen LogP contribution is -2.16. The van der Waals surface area contributed by atoms with Crippen molar-refractivity contribution in [1.82, 2.24) is 5.32 Å². The van der Waals surface area contributed by atoms with Gasteiger partial charge in [-0.15, -0.1) is 0 Å². The zero-order valence-corrected chi connectivity index (χ0v) is 20.3. The quantitative estimate of drug-likeness (QED) is 0.139. The molecule has 1 N–H and O–H groups in total. The Morgan fingerprint density at radius 1 is 0.379 bits per heavy atom. The summed E-state index contributed by atoms with van der Waals surface area (Å²) in [4.78, 5) is 0. The second kappa shape index (κ2) is 27.9. The van der Waals surface area contributed by atoms with Crippen LogP contribution in [0.3, 0.4) is 0 Å². The van der Waals surface area contributed by atoms with Gasteiger partial charge in [-0.25, -0.2) is 0 Å². The van der Waals surface area contributed by atoms with Crippen LogP contribution in [0.25, 0.3) is 0 Å². The van der Waals surface area contributed by atoms with E-state index in [1.807, 2.05) is 0 Å². The lowest BCUT2D eigenvalue weighted by atomic mass is 10.0. The summed E-state index contributed by atoms with van der Waals surface area (Å²) in [5, 5.41) is 3.62. The van der Waals surface area contributed by atoms with Gasteiger partial charge in [0.2, 0.25) is 0 Å². The average molecular weight is 414 g/mol. The van der Waals surface area contributed by atoms with Crippen molar-refractivity contribution in [3.63, 3.8) is 0 Å². The Kier molecular flexibility index (Phi) is 27.8. The molecule has 0 saturated heterocycles. The van der Waals surface area contributed by atoms with Crippen molar-refractivity contribution in [3.8, 4) is 0 Å². The third-order valence-corrected chi connectivity index (χ3v) is 6.19. The van der Waals surface area contributed by atoms with Crippen molar-refractivity contribution in [3.05, 3.63) is 0 Å². The van der Waals surface area contributed by atoms with Gasteiger partial charge >= 0.3 is 0 Å². The maximum absolute atomic E-state index is 12.0. The molecule has 29 heavy (non-hydrogen) atoms. The van der Waals surface area contributed by atoms with Crippen molar-refractivity contribution in [2.75, 3.05) is 19.8 Å². The molecule has 0 aromatic rings. The third kappa shape index (κ3) is 27.9. The van der Waals surface area contributed by atoms with Crippen LogP contribution in [-0.4, -0.2) is 19.8 Å². The van der Waals surface area contributed by atoms with E-state index in [9.17, 15) is 4.39 Å². The second-order valence-electron chi connectivity index (χ2n) is 9.22. The summed E-state index contributed by atoms with van der Waals surface area (Å²) < 4.78 is 12.0. The van der Waals surface area contributed by atoms with Gasteiger partial charge in [-0.2, -0.15) is 0 Å². The summed E-state index contributed by atoms with van der Waals surface area (Å²) in [5.41, 5.74) is 0. The van der Waals surface area contributed by atoms with Gasteiger partial charge in [-0.05, 0) is 32.4 Å². The van der Waals surface area contributed by atoms with E-state index in [1.165, 1.54) is 148 Å². The van der Waals surface area contributed by atoms with Gasteiger partial charge in [0.25, 0.3) is 0 Å². The molecule has 0 aromatic heterocycles. The molecule has 0 bridgehead atoms. The lowest BCUT2D eigenvalue weighted by Gasteiger charge is -2.06. The maximum Gasteiger partial charge on any atom is 0.0894 e. The first-order valence-electron chi connectivity index (χ1n) is 13.7. The van der Waals surface area contributed by atoms with E-state index in [0.29, 0.717) is 0 Å². The SMILES string of the molecule is CCCCCCCCCCCCCCCCNCCCCCCCCCCCF. The largest absolute Gasteiger partial charge is 0.317 e. The molecule has 0 rings (SSSR count). The fraction of sp³-hybridized carbons (Fsp3) is 1.00. The van der Waals surface area contributed by atoms with Crippen LogP contribution in [0.4, 0.5) is 4.39 Å². The monoisotopic (exact) mass is 413 g/mol. The highest BCUT2D eigenvalue weighted by Crippen LogP contribution is 2.13. The average Bonchev–Trinajstić information content (AvgIpc) is 2.74.